The summed E-state index contributed by atoms with van der Waals surface area (Å²) in [5.74, 6) is 1.28. The maximum absolute atomic E-state index is 9.13. The molecule has 1 fully saturated rings. The lowest BCUT2D eigenvalue weighted by molar-refractivity contribution is 0.461. The maximum Gasteiger partial charge on any atom is 0.227 e. The number of hydrogen-bond donors (Lipinski definition) is 2. The van der Waals surface area contributed by atoms with Crippen molar-refractivity contribution >= 4 is 28.6 Å². The number of nitrogens with one attached hydrogen (secondary N) is 2. The molecule has 0 aliphatic heterocycles. The van der Waals surface area contributed by atoms with E-state index in [-0.39, 0.29) is 0 Å². The Hall–Kier alpha value is -3.14. The summed E-state index contributed by atoms with van der Waals surface area (Å²) in [6.45, 7) is 2.86. The Bertz CT molecular complexity index is 980. The molecular formula is C20H23N7. The highest BCUT2D eigenvalue weighted by Gasteiger charge is 2.17. The van der Waals surface area contributed by atoms with E-state index in [0.717, 1.165) is 36.2 Å². The van der Waals surface area contributed by atoms with E-state index in [1.54, 1.807) is 18.5 Å². The number of aromatic nitrogens is 4. The quantitative estimate of drug-likeness (QED) is 0.707. The van der Waals surface area contributed by atoms with Gasteiger partial charge in [0.15, 0.2) is 17.0 Å². The van der Waals surface area contributed by atoms with Crippen LogP contribution < -0.4 is 10.6 Å². The summed E-state index contributed by atoms with van der Waals surface area (Å²) in [6.07, 6.45) is 7.91. The molecule has 3 aromatic rings. The molecule has 0 saturated heterocycles. The Kier molecular flexibility index (Phi) is 4.88. The van der Waals surface area contributed by atoms with E-state index < -0.39 is 0 Å². The number of anilines is 3. The Morgan fingerprint density at radius 2 is 2.07 bits per heavy atom. The normalized spacial score (nSPS) is 14.8. The van der Waals surface area contributed by atoms with Gasteiger partial charge in [-0.15, -0.1) is 0 Å². The molecule has 0 atom stereocenters. The van der Waals surface area contributed by atoms with Crippen molar-refractivity contribution in [2.45, 2.75) is 51.6 Å². The molecule has 0 spiro atoms. The van der Waals surface area contributed by atoms with Gasteiger partial charge in [-0.3, -0.25) is 0 Å². The third-order valence-corrected chi connectivity index (χ3v) is 5.00. The molecule has 7 nitrogen and oxygen atoms in total. The van der Waals surface area contributed by atoms with Crippen molar-refractivity contribution in [2.24, 2.45) is 0 Å². The van der Waals surface area contributed by atoms with E-state index in [9.17, 15) is 0 Å². The van der Waals surface area contributed by atoms with E-state index in [0.29, 0.717) is 23.4 Å². The van der Waals surface area contributed by atoms with Crippen molar-refractivity contribution in [2.75, 3.05) is 10.6 Å². The maximum atomic E-state index is 9.13. The van der Waals surface area contributed by atoms with Gasteiger partial charge in [-0.25, -0.2) is 4.98 Å². The number of hydrogen-bond acceptors (Lipinski definition) is 6. The van der Waals surface area contributed by atoms with Crippen LogP contribution in [0.1, 0.15) is 44.6 Å². The molecule has 0 bridgehead atoms. The molecule has 1 aromatic carbocycles. The molecule has 7 heteroatoms. The van der Waals surface area contributed by atoms with Gasteiger partial charge in [0.05, 0.1) is 18.0 Å². The second-order valence-corrected chi connectivity index (χ2v) is 6.90. The molecule has 1 aliphatic rings. The van der Waals surface area contributed by atoms with Gasteiger partial charge in [-0.1, -0.05) is 25.3 Å². The Morgan fingerprint density at radius 3 is 2.85 bits per heavy atom. The number of aryl methyl sites for hydroxylation is 1. The molecule has 0 radical (unpaired) electrons. The zero-order valence-electron chi connectivity index (χ0n) is 15.4. The number of nitrogens with zero attached hydrogens (tertiary/aromatic N) is 5. The standard InChI is InChI=1S/C20H23N7/c1-2-27-13-22-17-18(23-16-10-6-7-14(11-16)12-21)25-20(26-19(17)27)24-15-8-4-3-5-9-15/h6-7,10-11,13,15H,2-5,8-9H2,1H3,(H2,23,24,25,26). The number of benzene rings is 1. The van der Waals surface area contributed by atoms with Crippen molar-refractivity contribution in [1.82, 2.24) is 19.5 Å². The average Bonchev–Trinajstić information content (AvgIpc) is 3.12. The van der Waals surface area contributed by atoms with Crippen molar-refractivity contribution in [3.63, 3.8) is 0 Å². The van der Waals surface area contributed by atoms with Gasteiger partial charge in [0, 0.05) is 18.3 Å². The molecule has 0 amide bonds. The van der Waals surface area contributed by atoms with Crippen molar-refractivity contribution in [1.29, 1.82) is 5.26 Å². The third kappa shape index (κ3) is 3.70. The van der Waals surface area contributed by atoms with E-state index >= 15 is 0 Å². The second-order valence-electron chi connectivity index (χ2n) is 6.90. The molecule has 138 valence electrons. The molecule has 0 unspecified atom stereocenters. The number of fused-ring (bicyclic) bond motifs is 1. The van der Waals surface area contributed by atoms with Gasteiger partial charge < -0.3 is 15.2 Å². The van der Waals surface area contributed by atoms with Crippen LogP contribution in [-0.2, 0) is 6.54 Å². The monoisotopic (exact) mass is 361 g/mol. The fourth-order valence-corrected chi connectivity index (χ4v) is 3.56. The smallest absolute Gasteiger partial charge is 0.227 e. The van der Waals surface area contributed by atoms with Gasteiger partial charge in [0.1, 0.15) is 0 Å². The minimum atomic E-state index is 0.420. The highest BCUT2D eigenvalue weighted by atomic mass is 15.2. The molecule has 2 heterocycles. The van der Waals surface area contributed by atoms with Crippen LogP contribution in [0.3, 0.4) is 0 Å². The van der Waals surface area contributed by atoms with Gasteiger partial charge in [-0.05, 0) is 38.0 Å². The predicted molar refractivity (Wildman–Crippen MR) is 106 cm³/mol. The van der Waals surface area contributed by atoms with Gasteiger partial charge in [-0.2, -0.15) is 15.2 Å². The third-order valence-electron chi connectivity index (χ3n) is 5.00. The van der Waals surface area contributed by atoms with E-state index in [1.165, 1.54) is 19.3 Å². The van der Waals surface area contributed by atoms with Crippen LogP contribution >= 0.6 is 0 Å². The molecule has 2 aromatic heterocycles. The number of rotatable bonds is 5. The van der Waals surface area contributed by atoms with Gasteiger partial charge in [0.2, 0.25) is 5.95 Å². The molecular weight excluding hydrogens is 338 g/mol. The highest BCUT2D eigenvalue weighted by molar-refractivity contribution is 5.86. The summed E-state index contributed by atoms with van der Waals surface area (Å²) in [6, 6.07) is 9.94. The lowest BCUT2D eigenvalue weighted by Crippen LogP contribution is -2.23. The topological polar surface area (TPSA) is 91.5 Å². The van der Waals surface area contributed by atoms with Crippen LogP contribution in [0.15, 0.2) is 30.6 Å². The van der Waals surface area contributed by atoms with Crippen LogP contribution in [0.4, 0.5) is 17.5 Å². The summed E-state index contributed by atoms with van der Waals surface area (Å²) in [4.78, 5) is 13.9. The van der Waals surface area contributed by atoms with Gasteiger partial charge in [0.25, 0.3) is 0 Å². The zero-order valence-corrected chi connectivity index (χ0v) is 15.4. The minimum absolute atomic E-state index is 0.420. The van der Waals surface area contributed by atoms with Crippen LogP contribution in [-0.4, -0.2) is 25.6 Å². The number of imidazole rings is 1. The Balaban J connectivity index is 1.70. The van der Waals surface area contributed by atoms with Crippen LogP contribution in [0, 0.1) is 11.3 Å². The summed E-state index contributed by atoms with van der Waals surface area (Å²) in [7, 11) is 0. The summed E-state index contributed by atoms with van der Waals surface area (Å²) in [5, 5.41) is 16.0. The first-order valence-corrected chi connectivity index (χ1v) is 9.53. The first kappa shape index (κ1) is 17.3. The second kappa shape index (κ2) is 7.62. The van der Waals surface area contributed by atoms with Crippen LogP contribution in [0.2, 0.25) is 0 Å². The van der Waals surface area contributed by atoms with Crippen molar-refractivity contribution < 1.29 is 0 Å². The lowest BCUT2D eigenvalue weighted by atomic mass is 9.96. The molecule has 1 saturated carbocycles. The van der Waals surface area contributed by atoms with Crippen LogP contribution in [0.25, 0.3) is 11.2 Å². The SMILES string of the molecule is CCn1cnc2c(Nc3cccc(C#N)c3)nc(NC3CCCCC3)nc21. The Labute approximate surface area is 158 Å². The first-order chi connectivity index (χ1) is 13.3. The van der Waals surface area contributed by atoms with Gasteiger partial charge >= 0.3 is 0 Å². The van der Waals surface area contributed by atoms with Crippen molar-refractivity contribution in [3.05, 3.63) is 36.2 Å². The molecule has 2 N–H and O–H groups in total. The summed E-state index contributed by atoms with van der Waals surface area (Å²) >= 11 is 0. The van der Waals surface area contributed by atoms with Crippen LogP contribution in [0.5, 0.6) is 0 Å². The van der Waals surface area contributed by atoms with E-state index in [1.807, 2.05) is 16.7 Å². The van der Waals surface area contributed by atoms with E-state index in [2.05, 4.69) is 28.6 Å². The van der Waals surface area contributed by atoms with Crippen molar-refractivity contribution in [3.8, 4) is 6.07 Å². The summed E-state index contributed by atoms with van der Waals surface area (Å²) < 4.78 is 2.01. The van der Waals surface area contributed by atoms with E-state index in [4.69, 9.17) is 15.2 Å². The predicted octanol–water partition coefficient (Wildman–Crippen LogP) is 4.21. The summed E-state index contributed by atoms with van der Waals surface area (Å²) in [5.41, 5.74) is 2.95. The Morgan fingerprint density at radius 1 is 1.22 bits per heavy atom. The molecule has 27 heavy (non-hydrogen) atoms. The zero-order chi connectivity index (χ0) is 18.6. The molecule has 1 aliphatic carbocycles. The fourth-order valence-electron chi connectivity index (χ4n) is 3.56. The average molecular weight is 361 g/mol. The minimum Gasteiger partial charge on any atom is -0.351 e. The highest BCUT2D eigenvalue weighted by Crippen LogP contribution is 2.26. The fraction of sp³-hybridized carbons (Fsp3) is 0.400. The first-order valence-electron chi connectivity index (χ1n) is 9.53. The lowest BCUT2D eigenvalue weighted by Gasteiger charge is -2.23. The number of nitriles is 1. The molecule has 4 rings (SSSR count). The largest absolute Gasteiger partial charge is 0.351 e.